The lowest BCUT2D eigenvalue weighted by Gasteiger charge is -2.52. The number of fused-ring (bicyclic) bond motifs is 5. The average molecular weight is 497 g/mol. The molecule has 0 aromatic rings. The van der Waals surface area contributed by atoms with Gasteiger partial charge in [-0.15, -0.1) is 0 Å². The zero-order valence-corrected chi connectivity index (χ0v) is 22.2. The molecule has 196 valence electrons. The van der Waals surface area contributed by atoms with E-state index in [1.165, 1.54) is 11.1 Å². The Kier molecular flexibility index (Phi) is 5.13. The van der Waals surface area contributed by atoms with Crippen LogP contribution in [0.4, 0.5) is 0 Å². The van der Waals surface area contributed by atoms with Crippen molar-refractivity contribution in [2.75, 3.05) is 0 Å². The molecule has 6 aliphatic rings. The van der Waals surface area contributed by atoms with E-state index in [-0.39, 0.29) is 46.6 Å². The summed E-state index contributed by atoms with van der Waals surface area (Å²) in [6, 6.07) is 0. The quantitative estimate of drug-likeness (QED) is 0.523. The smallest absolute Gasteiger partial charge is 0.338 e. The lowest BCUT2D eigenvalue weighted by atomic mass is 9.52. The second-order valence-corrected chi connectivity index (χ2v) is 13.5. The number of aliphatic hydroxyl groups is 2. The number of carbonyl (C=O) groups is 2. The summed E-state index contributed by atoms with van der Waals surface area (Å²) in [4.78, 5) is 24.7. The van der Waals surface area contributed by atoms with Crippen molar-refractivity contribution >= 4 is 11.9 Å². The van der Waals surface area contributed by atoms with Gasteiger partial charge in [-0.2, -0.15) is 0 Å². The summed E-state index contributed by atoms with van der Waals surface area (Å²) >= 11 is 0. The molecule has 0 spiro atoms. The van der Waals surface area contributed by atoms with Crippen molar-refractivity contribution in [3.05, 3.63) is 34.9 Å². The topological polar surface area (TPSA) is 93.1 Å². The van der Waals surface area contributed by atoms with Gasteiger partial charge in [-0.1, -0.05) is 31.6 Å². The summed E-state index contributed by atoms with van der Waals surface area (Å²) in [6.45, 7) is 10.2. The van der Waals surface area contributed by atoms with Crippen LogP contribution in [0.1, 0.15) is 79.6 Å². The van der Waals surface area contributed by atoms with E-state index in [0.717, 1.165) is 37.7 Å². The lowest BCUT2D eigenvalue weighted by molar-refractivity contribution is -0.184. The fraction of sp³-hybridized carbons (Fsp3) is 0.733. The van der Waals surface area contributed by atoms with Crippen LogP contribution in [0, 0.1) is 34.5 Å². The van der Waals surface area contributed by atoms with Gasteiger partial charge in [0.15, 0.2) is 5.60 Å². The second-order valence-electron chi connectivity index (χ2n) is 13.5. The average Bonchev–Trinajstić information content (AvgIpc) is 3.12. The second kappa shape index (κ2) is 7.57. The summed E-state index contributed by atoms with van der Waals surface area (Å²) in [7, 11) is 0. The van der Waals surface area contributed by atoms with Gasteiger partial charge in [0.05, 0.1) is 6.10 Å². The molecular formula is C30H40O6. The van der Waals surface area contributed by atoms with Crippen molar-refractivity contribution in [1.29, 1.82) is 0 Å². The van der Waals surface area contributed by atoms with Crippen LogP contribution < -0.4 is 0 Å². The summed E-state index contributed by atoms with van der Waals surface area (Å²) < 4.78 is 11.6. The predicted molar refractivity (Wildman–Crippen MR) is 133 cm³/mol. The number of allylic oxidation sites excluding steroid dienone is 3. The first-order valence-corrected chi connectivity index (χ1v) is 13.8. The number of ether oxygens (including phenoxy) is 2. The highest BCUT2D eigenvalue weighted by molar-refractivity contribution is 5.83. The molecule has 0 radical (unpaired) electrons. The highest BCUT2D eigenvalue weighted by Gasteiger charge is 2.67. The van der Waals surface area contributed by atoms with E-state index in [2.05, 4.69) is 19.9 Å². The van der Waals surface area contributed by atoms with E-state index in [9.17, 15) is 19.8 Å². The van der Waals surface area contributed by atoms with Gasteiger partial charge in [0.25, 0.3) is 0 Å². The molecule has 0 aromatic carbocycles. The number of rotatable bonds is 1. The Morgan fingerprint density at radius 3 is 2.50 bits per heavy atom. The van der Waals surface area contributed by atoms with E-state index in [4.69, 9.17) is 9.47 Å². The van der Waals surface area contributed by atoms with E-state index in [0.29, 0.717) is 12.8 Å². The lowest BCUT2D eigenvalue weighted by Crippen LogP contribution is -2.49. The third kappa shape index (κ3) is 3.09. The SMILES string of the molecule is CC1(C)OC(=O)C=CC2=CC3=C(CCC21)C1(C)C(O)CC(C2CC4CC2OC(=O)C4(C)O)C1(C)CC3. The summed E-state index contributed by atoms with van der Waals surface area (Å²) in [5.74, 6) is -0.370. The maximum atomic E-state index is 12.5. The Morgan fingerprint density at radius 2 is 1.75 bits per heavy atom. The first-order valence-electron chi connectivity index (χ1n) is 13.8. The van der Waals surface area contributed by atoms with Crippen LogP contribution in [0.15, 0.2) is 34.9 Å². The van der Waals surface area contributed by atoms with Crippen LogP contribution in [0.25, 0.3) is 0 Å². The summed E-state index contributed by atoms with van der Waals surface area (Å²) in [6.07, 6.45) is 10.9. The first kappa shape index (κ1) is 24.4. The molecule has 2 saturated carbocycles. The van der Waals surface area contributed by atoms with Crippen molar-refractivity contribution in [3.63, 3.8) is 0 Å². The third-order valence-electron chi connectivity index (χ3n) is 11.7. The van der Waals surface area contributed by atoms with Crippen molar-refractivity contribution in [1.82, 2.24) is 0 Å². The standard InChI is InChI=1S/C30H40O6/c1-27(2)20-7-8-21-17(12-16(20)6-9-25(32)36-27)10-11-28(3)22(15-24(31)29(21,28)4)19-13-18-14-23(19)35-26(33)30(18,5)34/h6,9,12,18-20,22-24,31,34H,7-8,10-11,13-15H2,1-5H3. The minimum atomic E-state index is -1.42. The molecule has 0 aromatic heterocycles. The van der Waals surface area contributed by atoms with Gasteiger partial charge >= 0.3 is 11.9 Å². The molecule has 2 bridgehead atoms. The fourth-order valence-electron chi connectivity index (χ4n) is 9.27. The highest BCUT2D eigenvalue weighted by Crippen LogP contribution is 2.70. The van der Waals surface area contributed by atoms with Crippen LogP contribution in [0.3, 0.4) is 0 Å². The molecule has 4 aliphatic carbocycles. The number of aliphatic hydroxyl groups excluding tert-OH is 1. The Labute approximate surface area is 213 Å². The maximum absolute atomic E-state index is 12.5. The van der Waals surface area contributed by atoms with E-state index >= 15 is 0 Å². The van der Waals surface area contributed by atoms with Gasteiger partial charge in [-0.3, -0.25) is 0 Å². The fourth-order valence-corrected chi connectivity index (χ4v) is 9.27. The minimum absolute atomic E-state index is 0.0777. The molecule has 6 nitrogen and oxygen atoms in total. The van der Waals surface area contributed by atoms with Gasteiger partial charge in [-0.25, -0.2) is 9.59 Å². The molecule has 6 heteroatoms. The minimum Gasteiger partial charge on any atom is -0.460 e. The Hall–Kier alpha value is -1.92. The highest BCUT2D eigenvalue weighted by atomic mass is 16.6. The van der Waals surface area contributed by atoms with Crippen LogP contribution in [-0.4, -0.2) is 45.6 Å². The van der Waals surface area contributed by atoms with Crippen molar-refractivity contribution in [2.45, 2.75) is 103 Å². The summed E-state index contributed by atoms with van der Waals surface area (Å²) in [5.41, 5.74) is 1.29. The molecule has 2 N–H and O–H groups in total. The van der Waals surface area contributed by atoms with Crippen molar-refractivity contribution in [2.24, 2.45) is 34.5 Å². The van der Waals surface area contributed by atoms with E-state index < -0.39 is 23.3 Å². The monoisotopic (exact) mass is 496 g/mol. The van der Waals surface area contributed by atoms with Gasteiger partial charge in [0.2, 0.25) is 0 Å². The zero-order valence-electron chi connectivity index (χ0n) is 22.2. The van der Waals surface area contributed by atoms with Crippen LogP contribution in [0.2, 0.25) is 0 Å². The molecule has 3 fully saturated rings. The molecule has 9 unspecified atom stereocenters. The van der Waals surface area contributed by atoms with Crippen LogP contribution in [-0.2, 0) is 19.1 Å². The third-order valence-corrected chi connectivity index (χ3v) is 11.7. The largest absolute Gasteiger partial charge is 0.460 e. The Morgan fingerprint density at radius 1 is 1.00 bits per heavy atom. The molecule has 2 aliphatic heterocycles. The summed E-state index contributed by atoms with van der Waals surface area (Å²) in [5, 5.41) is 22.5. The normalized spacial score (nSPS) is 49.2. The van der Waals surface area contributed by atoms with Crippen LogP contribution >= 0.6 is 0 Å². The molecule has 1 saturated heterocycles. The van der Waals surface area contributed by atoms with Gasteiger partial charge < -0.3 is 19.7 Å². The molecule has 6 rings (SSSR count). The maximum Gasteiger partial charge on any atom is 0.338 e. The predicted octanol–water partition coefficient (Wildman–Crippen LogP) is 4.40. The van der Waals surface area contributed by atoms with E-state index in [1.54, 1.807) is 13.0 Å². The molecule has 36 heavy (non-hydrogen) atoms. The first-order chi connectivity index (χ1) is 16.8. The molecule has 9 atom stereocenters. The number of carbonyl (C=O) groups excluding carboxylic acids is 2. The number of esters is 2. The number of hydrogen-bond acceptors (Lipinski definition) is 6. The van der Waals surface area contributed by atoms with Gasteiger partial charge in [0.1, 0.15) is 11.7 Å². The van der Waals surface area contributed by atoms with Gasteiger partial charge in [0, 0.05) is 23.3 Å². The molecule has 0 amide bonds. The van der Waals surface area contributed by atoms with E-state index in [1.807, 2.05) is 19.9 Å². The molecular weight excluding hydrogens is 456 g/mol. The number of cyclic esters (lactones) is 1. The van der Waals surface area contributed by atoms with Crippen molar-refractivity contribution < 1.29 is 29.3 Å². The molecule has 2 heterocycles. The number of hydrogen-bond donors (Lipinski definition) is 2. The van der Waals surface area contributed by atoms with Gasteiger partial charge in [-0.05, 0) is 94.1 Å². The Balaban J connectivity index is 1.37. The Bertz CT molecular complexity index is 1110. The van der Waals surface area contributed by atoms with Crippen molar-refractivity contribution in [3.8, 4) is 0 Å². The van der Waals surface area contributed by atoms with Crippen LogP contribution in [0.5, 0.6) is 0 Å². The zero-order chi connectivity index (χ0) is 25.8.